The van der Waals surface area contributed by atoms with Crippen LogP contribution < -0.4 is 0 Å². The average Bonchev–Trinajstić information content (AvgIpc) is 2.52. The number of piperazine rings is 1. The van der Waals surface area contributed by atoms with Gasteiger partial charge in [-0.2, -0.15) is 0 Å². The van der Waals surface area contributed by atoms with E-state index in [1.807, 2.05) is 31.2 Å². The number of aryl methyl sites for hydroxylation is 1. The van der Waals surface area contributed by atoms with E-state index in [2.05, 4.69) is 6.58 Å². The van der Waals surface area contributed by atoms with Gasteiger partial charge in [-0.3, -0.25) is 4.79 Å². The fraction of sp³-hybridized carbons (Fsp3) is 0.375. The Balaban J connectivity index is 1.92. The lowest BCUT2D eigenvalue weighted by atomic mass is 10.1. The van der Waals surface area contributed by atoms with Crippen molar-refractivity contribution < 1.29 is 14.3 Å². The summed E-state index contributed by atoms with van der Waals surface area (Å²) in [5.41, 5.74) is 1.69. The van der Waals surface area contributed by atoms with Crippen LogP contribution in [0.4, 0.5) is 4.79 Å². The fourth-order valence-corrected chi connectivity index (χ4v) is 2.30. The van der Waals surface area contributed by atoms with E-state index in [0.717, 1.165) is 11.1 Å². The summed E-state index contributed by atoms with van der Waals surface area (Å²) in [7, 11) is 0. The Hall–Kier alpha value is -2.30. The lowest BCUT2D eigenvalue weighted by Gasteiger charge is -2.34. The van der Waals surface area contributed by atoms with E-state index in [-0.39, 0.29) is 18.6 Å². The molecule has 1 aliphatic heterocycles. The number of hydrogen-bond donors (Lipinski definition) is 0. The van der Waals surface area contributed by atoms with Crippen LogP contribution in [-0.4, -0.2) is 54.6 Å². The Morgan fingerprint density at radius 2 is 1.81 bits per heavy atom. The van der Waals surface area contributed by atoms with Gasteiger partial charge in [0.05, 0.1) is 0 Å². The predicted molar refractivity (Wildman–Crippen MR) is 80.2 cm³/mol. The highest BCUT2D eigenvalue weighted by Crippen LogP contribution is 2.13. The molecule has 0 radical (unpaired) electrons. The molecule has 0 N–H and O–H groups in total. The normalized spacial score (nSPS) is 14.7. The Kier molecular flexibility index (Phi) is 4.98. The Morgan fingerprint density at radius 1 is 1.19 bits per heavy atom. The Bertz CT molecular complexity index is 534. The van der Waals surface area contributed by atoms with Crippen LogP contribution in [0.2, 0.25) is 0 Å². The van der Waals surface area contributed by atoms with Crippen LogP contribution in [0.15, 0.2) is 36.9 Å². The summed E-state index contributed by atoms with van der Waals surface area (Å²) in [5.74, 6) is 0.0206. The number of nitrogens with zero attached hydrogens (tertiary/aromatic N) is 2. The van der Waals surface area contributed by atoms with Crippen molar-refractivity contribution in [2.24, 2.45) is 0 Å². The highest BCUT2D eigenvalue weighted by molar-refractivity contribution is 5.95. The van der Waals surface area contributed by atoms with Crippen LogP contribution >= 0.6 is 0 Å². The molecule has 0 aromatic heterocycles. The summed E-state index contributed by atoms with van der Waals surface area (Å²) < 4.78 is 5.00. The van der Waals surface area contributed by atoms with E-state index >= 15 is 0 Å². The summed E-state index contributed by atoms with van der Waals surface area (Å²) >= 11 is 0. The van der Waals surface area contributed by atoms with Crippen molar-refractivity contribution in [1.82, 2.24) is 9.80 Å². The molecule has 1 aromatic rings. The molecule has 0 spiro atoms. The summed E-state index contributed by atoms with van der Waals surface area (Å²) in [6.07, 6.45) is 1.19. The largest absolute Gasteiger partial charge is 0.445 e. The minimum Gasteiger partial charge on any atom is -0.445 e. The second kappa shape index (κ2) is 6.92. The third-order valence-corrected chi connectivity index (χ3v) is 3.53. The van der Waals surface area contributed by atoms with Crippen molar-refractivity contribution in [2.75, 3.05) is 32.8 Å². The molecule has 1 saturated heterocycles. The van der Waals surface area contributed by atoms with E-state index < -0.39 is 0 Å². The Labute approximate surface area is 124 Å². The first-order valence-electron chi connectivity index (χ1n) is 7.01. The molecule has 1 fully saturated rings. The zero-order valence-corrected chi connectivity index (χ0v) is 12.2. The number of carbonyl (C=O) groups is 2. The molecule has 1 aliphatic rings. The van der Waals surface area contributed by atoms with Crippen molar-refractivity contribution in [2.45, 2.75) is 6.92 Å². The van der Waals surface area contributed by atoms with Crippen molar-refractivity contribution >= 4 is 12.0 Å². The quantitative estimate of drug-likeness (QED) is 0.800. The monoisotopic (exact) mass is 288 g/mol. The van der Waals surface area contributed by atoms with Gasteiger partial charge >= 0.3 is 6.09 Å². The fourth-order valence-electron chi connectivity index (χ4n) is 2.30. The first kappa shape index (κ1) is 15.1. The lowest BCUT2D eigenvalue weighted by molar-refractivity contribution is 0.0580. The first-order valence-corrected chi connectivity index (χ1v) is 7.01. The van der Waals surface area contributed by atoms with Crippen LogP contribution in [-0.2, 0) is 4.74 Å². The summed E-state index contributed by atoms with van der Waals surface area (Å²) in [6, 6.07) is 7.54. The highest BCUT2D eigenvalue weighted by Gasteiger charge is 2.25. The van der Waals surface area contributed by atoms with Crippen LogP contribution in [0.3, 0.4) is 0 Å². The standard InChI is InChI=1S/C16H20N2O3/c1-3-12-21-16(20)18-10-8-17(9-11-18)15(19)14-7-5-4-6-13(14)2/h3-7H,1,8-12H2,2H3. The van der Waals surface area contributed by atoms with Crippen molar-refractivity contribution in [1.29, 1.82) is 0 Å². The zero-order chi connectivity index (χ0) is 15.2. The smallest absolute Gasteiger partial charge is 0.410 e. The number of carbonyl (C=O) groups excluding carboxylic acids is 2. The zero-order valence-electron chi connectivity index (χ0n) is 12.2. The maximum Gasteiger partial charge on any atom is 0.410 e. The minimum atomic E-state index is -0.349. The second-order valence-corrected chi connectivity index (χ2v) is 4.96. The molecule has 1 heterocycles. The number of amides is 2. The van der Waals surface area contributed by atoms with Gasteiger partial charge in [-0.25, -0.2) is 4.79 Å². The molecule has 21 heavy (non-hydrogen) atoms. The molecule has 1 aromatic carbocycles. The average molecular weight is 288 g/mol. The molecule has 0 bridgehead atoms. The first-order chi connectivity index (χ1) is 10.1. The SMILES string of the molecule is C=CCOC(=O)N1CCN(C(=O)c2ccccc2C)CC1. The van der Waals surface area contributed by atoms with E-state index in [1.54, 1.807) is 9.80 Å². The van der Waals surface area contributed by atoms with Crippen LogP contribution in [0, 0.1) is 6.92 Å². The number of ether oxygens (including phenoxy) is 1. The maximum absolute atomic E-state index is 12.4. The topological polar surface area (TPSA) is 49.9 Å². The van der Waals surface area contributed by atoms with Crippen LogP contribution in [0.1, 0.15) is 15.9 Å². The van der Waals surface area contributed by atoms with Crippen molar-refractivity contribution in [3.05, 3.63) is 48.0 Å². The van der Waals surface area contributed by atoms with Crippen molar-refractivity contribution in [3.63, 3.8) is 0 Å². The van der Waals surface area contributed by atoms with Gasteiger partial charge in [0.2, 0.25) is 0 Å². The van der Waals surface area contributed by atoms with Gasteiger partial charge in [-0.05, 0) is 18.6 Å². The van der Waals surface area contributed by atoms with Gasteiger partial charge in [0.1, 0.15) is 6.61 Å². The molecule has 5 nitrogen and oxygen atoms in total. The second-order valence-electron chi connectivity index (χ2n) is 4.96. The Morgan fingerprint density at radius 3 is 2.43 bits per heavy atom. The minimum absolute atomic E-state index is 0.0206. The molecular weight excluding hydrogens is 268 g/mol. The number of benzene rings is 1. The predicted octanol–water partition coefficient (Wildman–Crippen LogP) is 2.08. The molecule has 0 saturated carbocycles. The number of rotatable bonds is 3. The van der Waals surface area contributed by atoms with Gasteiger partial charge in [0, 0.05) is 31.7 Å². The molecule has 5 heteroatoms. The van der Waals surface area contributed by atoms with E-state index in [9.17, 15) is 9.59 Å². The molecule has 0 unspecified atom stereocenters. The van der Waals surface area contributed by atoms with Gasteiger partial charge < -0.3 is 14.5 Å². The van der Waals surface area contributed by atoms with E-state index in [0.29, 0.717) is 26.2 Å². The third kappa shape index (κ3) is 3.62. The van der Waals surface area contributed by atoms with Gasteiger partial charge in [0.15, 0.2) is 0 Å². The summed E-state index contributed by atoms with van der Waals surface area (Å²) in [6.45, 7) is 7.68. The molecule has 0 aliphatic carbocycles. The highest BCUT2D eigenvalue weighted by atomic mass is 16.6. The van der Waals surface area contributed by atoms with Gasteiger partial charge in [-0.1, -0.05) is 30.9 Å². The molecule has 2 amide bonds. The van der Waals surface area contributed by atoms with Gasteiger partial charge in [-0.15, -0.1) is 0 Å². The van der Waals surface area contributed by atoms with E-state index in [4.69, 9.17) is 4.74 Å². The van der Waals surface area contributed by atoms with Gasteiger partial charge in [0.25, 0.3) is 5.91 Å². The lowest BCUT2D eigenvalue weighted by Crippen LogP contribution is -2.50. The molecular formula is C16H20N2O3. The summed E-state index contributed by atoms with van der Waals surface area (Å²) in [4.78, 5) is 27.6. The molecule has 112 valence electrons. The van der Waals surface area contributed by atoms with Crippen LogP contribution in [0.5, 0.6) is 0 Å². The van der Waals surface area contributed by atoms with Crippen molar-refractivity contribution in [3.8, 4) is 0 Å². The van der Waals surface area contributed by atoms with E-state index in [1.165, 1.54) is 6.08 Å². The molecule has 2 rings (SSSR count). The molecule has 0 atom stereocenters. The third-order valence-electron chi connectivity index (χ3n) is 3.53. The van der Waals surface area contributed by atoms with Crippen LogP contribution in [0.25, 0.3) is 0 Å². The number of hydrogen-bond acceptors (Lipinski definition) is 3. The maximum atomic E-state index is 12.4. The summed E-state index contributed by atoms with van der Waals surface area (Å²) in [5, 5.41) is 0.